The first-order valence-corrected chi connectivity index (χ1v) is 14.1. The normalized spacial score (nSPS) is 17.4. The van der Waals surface area contributed by atoms with Gasteiger partial charge in [-0.2, -0.15) is 4.59 Å². The average molecular weight is 543 g/mol. The molecule has 38 heavy (non-hydrogen) atoms. The summed E-state index contributed by atoms with van der Waals surface area (Å²) in [5, 5.41) is 4.79. The van der Waals surface area contributed by atoms with Crippen molar-refractivity contribution in [3.8, 4) is 11.1 Å². The Morgan fingerprint density at radius 2 is 1.68 bits per heavy atom. The molecule has 0 radical (unpaired) electrons. The molecule has 0 aliphatic carbocycles. The van der Waals surface area contributed by atoms with Crippen molar-refractivity contribution in [3.05, 3.63) is 59.7 Å². The largest absolute Gasteiger partial charge is 0.465 e. The average Bonchev–Trinajstić information content (AvgIpc) is 3.15. The van der Waals surface area contributed by atoms with Crippen LogP contribution in [0.4, 0.5) is 4.79 Å². The fourth-order valence-electron chi connectivity index (χ4n) is 4.42. The van der Waals surface area contributed by atoms with Crippen molar-refractivity contribution >= 4 is 33.5 Å². The Morgan fingerprint density at radius 3 is 2.29 bits per heavy atom. The van der Waals surface area contributed by atoms with Crippen LogP contribution >= 0.6 is 0 Å². The fourth-order valence-corrected chi connectivity index (χ4v) is 5.55. The van der Waals surface area contributed by atoms with Gasteiger partial charge in [-0.15, -0.1) is 0 Å². The molecule has 0 aromatic heterocycles. The lowest BCUT2D eigenvalue weighted by Gasteiger charge is -2.27. The number of nitrogens with one attached hydrogen (secondary N) is 1. The first kappa shape index (κ1) is 29.1. The Hall–Kier alpha value is -3.50. The van der Waals surface area contributed by atoms with Crippen molar-refractivity contribution in [2.45, 2.75) is 45.4 Å². The van der Waals surface area contributed by atoms with E-state index < -0.39 is 22.1 Å². The molecule has 1 N–H and O–H groups in total. The fraction of sp³-hybridized carbons (Fsp3) is 0.393. The number of amides is 1. The predicted octanol–water partition coefficient (Wildman–Crippen LogP) is 4.94. The first-order valence-electron chi connectivity index (χ1n) is 12.6. The maximum absolute atomic E-state index is 13.0. The number of rotatable bonds is 10. The second-order valence-electron chi connectivity index (χ2n) is 9.79. The van der Waals surface area contributed by atoms with Gasteiger partial charge in [0.1, 0.15) is 17.8 Å². The number of methoxy groups -OCH3 is 1. The third-order valence-electron chi connectivity index (χ3n) is 6.20. The zero-order valence-electron chi connectivity index (χ0n) is 22.8. The number of hydrogen-bond donors (Lipinski definition) is 1. The smallest absolute Gasteiger partial charge is 0.421 e. The predicted molar refractivity (Wildman–Crippen MR) is 146 cm³/mol. The molecule has 0 saturated heterocycles. The summed E-state index contributed by atoms with van der Waals surface area (Å²) in [4.78, 5) is 24.7. The summed E-state index contributed by atoms with van der Waals surface area (Å²) in [6.07, 6.45) is 0.875. The van der Waals surface area contributed by atoms with E-state index in [-0.39, 0.29) is 22.0 Å². The standard InChI is InChI=1S/C28H35N3O6S/c1-7-8-17-31(5)26(25(20(4)29-31)27(32)36-6)22-15-13-21(14-16-22)23-11-9-10-12-24(23)38(34,35)30-28(33)37-18-19(2)3/h9-16,19H,7-8,17-18H2,1-6H3/p+1. The lowest BCUT2D eigenvalue weighted by atomic mass is 9.99. The summed E-state index contributed by atoms with van der Waals surface area (Å²) in [5.74, 6) is -0.379. The van der Waals surface area contributed by atoms with Crippen molar-refractivity contribution in [1.82, 2.24) is 4.72 Å². The van der Waals surface area contributed by atoms with Gasteiger partial charge in [-0.3, -0.25) is 0 Å². The second-order valence-corrected chi connectivity index (χ2v) is 11.4. The molecule has 0 bridgehead atoms. The molecule has 204 valence electrons. The number of carbonyl (C=O) groups excluding carboxylic acids is 2. The van der Waals surface area contributed by atoms with Crippen LogP contribution in [0.2, 0.25) is 0 Å². The number of carbonyl (C=O) groups is 2. The van der Waals surface area contributed by atoms with Crippen molar-refractivity contribution in [2.75, 3.05) is 27.3 Å². The molecule has 1 heterocycles. The van der Waals surface area contributed by atoms with Crippen LogP contribution in [0.15, 0.2) is 64.1 Å². The molecule has 10 heteroatoms. The number of ether oxygens (including phenoxy) is 2. The van der Waals surface area contributed by atoms with E-state index in [4.69, 9.17) is 14.6 Å². The van der Waals surface area contributed by atoms with Gasteiger partial charge in [0.15, 0.2) is 5.70 Å². The summed E-state index contributed by atoms with van der Waals surface area (Å²) in [5.41, 5.74) is 3.62. The zero-order chi connectivity index (χ0) is 28.1. The molecular weight excluding hydrogens is 506 g/mol. The van der Waals surface area contributed by atoms with Gasteiger partial charge in [-0.1, -0.05) is 62.6 Å². The number of hydrogen-bond acceptors (Lipinski definition) is 7. The highest BCUT2D eigenvalue weighted by atomic mass is 32.2. The summed E-state index contributed by atoms with van der Waals surface area (Å²) in [6, 6.07) is 13.7. The maximum Gasteiger partial charge on any atom is 0.421 e. The van der Waals surface area contributed by atoms with Gasteiger partial charge in [0.2, 0.25) is 0 Å². The van der Waals surface area contributed by atoms with E-state index >= 15 is 0 Å². The Bertz CT molecular complexity index is 1360. The molecule has 1 atom stereocenters. The van der Waals surface area contributed by atoms with E-state index in [0.717, 1.165) is 24.1 Å². The van der Waals surface area contributed by atoms with Crippen LogP contribution < -0.4 is 4.72 Å². The van der Waals surface area contributed by atoms with Gasteiger partial charge in [-0.25, -0.2) is 22.7 Å². The topological polar surface area (TPSA) is 111 Å². The number of quaternary nitrogens is 1. The molecule has 0 spiro atoms. The van der Waals surface area contributed by atoms with Gasteiger partial charge in [-0.05, 0) is 43.0 Å². The Kier molecular flexibility index (Phi) is 9.11. The minimum absolute atomic E-state index is 0.0488. The molecule has 0 fully saturated rings. The second kappa shape index (κ2) is 11.9. The lowest BCUT2D eigenvalue weighted by Crippen LogP contribution is -2.36. The highest BCUT2D eigenvalue weighted by Gasteiger charge is 2.42. The number of benzene rings is 2. The van der Waals surface area contributed by atoms with Crippen LogP contribution in [0, 0.1) is 5.92 Å². The van der Waals surface area contributed by atoms with E-state index in [2.05, 4.69) is 6.92 Å². The van der Waals surface area contributed by atoms with E-state index in [1.54, 1.807) is 37.3 Å². The highest BCUT2D eigenvalue weighted by Crippen LogP contribution is 2.38. The Balaban J connectivity index is 2.00. The van der Waals surface area contributed by atoms with Crippen molar-refractivity contribution in [1.29, 1.82) is 0 Å². The molecule has 1 unspecified atom stereocenters. The van der Waals surface area contributed by atoms with Crippen molar-refractivity contribution in [3.63, 3.8) is 0 Å². The molecule has 1 aliphatic rings. The summed E-state index contributed by atoms with van der Waals surface area (Å²) in [6.45, 7) is 8.43. The van der Waals surface area contributed by atoms with Gasteiger partial charge in [0, 0.05) is 11.1 Å². The minimum atomic E-state index is -4.19. The Morgan fingerprint density at radius 1 is 1.05 bits per heavy atom. The molecule has 9 nitrogen and oxygen atoms in total. The molecule has 2 aromatic carbocycles. The van der Waals surface area contributed by atoms with E-state index in [1.807, 2.05) is 37.7 Å². The Labute approximate surface area is 224 Å². The zero-order valence-corrected chi connectivity index (χ0v) is 23.6. The number of nitrogens with zero attached hydrogens (tertiary/aromatic N) is 2. The molecule has 0 saturated carbocycles. The summed E-state index contributed by atoms with van der Waals surface area (Å²) < 4.78 is 38.3. The summed E-state index contributed by atoms with van der Waals surface area (Å²) >= 11 is 0. The van der Waals surface area contributed by atoms with Gasteiger partial charge < -0.3 is 9.47 Å². The van der Waals surface area contributed by atoms with Crippen LogP contribution in [-0.2, 0) is 24.3 Å². The number of esters is 1. The number of unbranched alkanes of at least 4 members (excludes halogenated alkanes) is 1. The molecule has 3 rings (SSSR count). The van der Waals surface area contributed by atoms with Crippen molar-refractivity contribution in [2.24, 2.45) is 11.0 Å². The third-order valence-corrected chi connectivity index (χ3v) is 7.57. The molecule has 2 aromatic rings. The van der Waals surface area contributed by atoms with Crippen LogP contribution in [0.5, 0.6) is 0 Å². The molecular formula is C28H36N3O6S+. The van der Waals surface area contributed by atoms with Crippen LogP contribution in [0.1, 0.15) is 46.1 Å². The maximum atomic E-state index is 13.0. The third kappa shape index (κ3) is 6.31. The SMILES string of the molecule is CCCC[N+]1(C)N=C(C)C(C(=O)OC)=C1c1ccc(-c2ccccc2S(=O)(=O)NC(=O)OCC(C)C)cc1. The monoisotopic (exact) mass is 542 g/mol. The van der Waals surface area contributed by atoms with E-state index in [0.29, 0.717) is 29.0 Å². The van der Waals surface area contributed by atoms with Gasteiger partial charge >= 0.3 is 12.1 Å². The van der Waals surface area contributed by atoms with E-state index in [9.17, 15) is 18.0 Å². The minimum Gasteiger partial charge on any atom is -0.465 e. The van der Waals surface area contributed by atoms with Crippen LogP contribution in [0.25, 0.3) is 16.8 Å². The van der Waals surface area contributed by atoms with E-state index in [1.165, 1.54) is 13.2 Å². The first-order chi connectivity index (χ1) is 17.9. The van der Waals surface area contributed by atoms with Crippen LogP contribution in [0.3, 0.4) is 0 Å². The molecule has 1 aliphatic heterocycles. The lowest BCUT2D eigenvalue weighted by molar-refractivity contribution is -0.844. The quantitative estimate of drug-likeness (QED) is 0.336. The molecule has 1 amide bonds. The van der Waals surface area contributed by atoms with Crippen LogP contribution in [-0.4, -0.2) is 58.1 Å². The highest BCUT2D eigenvalue weighted by molar-refractivity contribution is 7.90. The summed E-state index contributed by atoms with van der Waals surface area (Å²) in [7, 11) is -0.876. The number of sulfonamides is 1. The van der Waals surface area contributed by atoms with Gasteiger partial charge in [0.25, 0.3) is 10.0 Å². The van der Waals surface area contributed by atoms with Gasteiger partial charge in [0.05, 0.1) is 25.7 Å². The van der Waals surface area contributed by atoms with Crippen molar-refractivity contribution < 1.29 is 32.1 Å².